The molecule has 0 atom stereocenters. The van der Waals surface area contributed by atoms with E-state index in [1.54, 1.807) is 6.07 Å². The highest BCUT2D eigenvalue weighted by atomic mass is 16.6. The monoisotopic (exact) mass is 285 g/mol. The van der Waals surface area contributed by atoms with E-state index in [1.165, 1.54) is 6.07 Å². The quantitative estimate of drug-likeness (QED) is 0.623. The van der Waals surface area contributed by atoms with Gasteiger partial charge in [0.05, 0.1) is 4.92 Å². The van der Waals surface area contributed by atoms with Crippen molar-refractivity contribution in [3.05, 3.63) is 40.1 Å². The summed E-state index contributed by atoms with van der Waals surface area (Å²) in [6.07, 6.45) is 2.33. The lowest BCUT2D eigenvalue weighted by Gasteiger charge is -2.33. The predicted octanol–water partition coefficient (Wildman–Crippen LogP) is 3.69. The van der Waals surface area contributed by atoms with Crippen LogP contribution >= 0.6 is 0 Å². The van der Waals surface area contributed by atoms with E-state index in [0.29, 0.717) is 5.52 Å². The van der Waals surface area contributed by atoms with Crippen molar-refractivity contribution >= 4 is 22.3 Å². The molecule has 1 saturated heterocycles. The van der Waals surface area contributed by atoms with Gasteiger partial charge in [-0.05, 0) is 31.7 Å². The lowest BCUT2D eigenvalue weighted by molar-refractivity contribution is -0.383. The topological polar surface area (TPSA) is 59.3 Å². The molecular formula is C16H19N3O2. The molecule has 2 heterocycles. The number of hydrogen-bond acceptors (Lipinski definition) is 4. The third-order valence-corrected chi connectivity index (χ3v) is 4.25. The number of nitro benzene ring substituents is 1. The number of nitrogens with zero attached hydrogens (tertiary/aromatic N) is 3. The second kappa shape index (κ2) is 5.31. The zero-order valence-corrected chi connectivity index (χ0v) is 12.4. The van der Waals surface area contributed by atoms with Crippen LogP contribution in [-0.4, -0.2) is 23.0 Å². The number of rotatable bonds is 2. The number of aryl methyl sites for hydroxylation is 1. The van der Waals surface area contributed by atoms with Crippen molar-refractivity contribution in [3.63, 3.8) is 0 Å². The van der Waals surface area contributed by atoms with Crippen molar-refractivity contribution < 1.29 is 4.92 Å². The summed E-state index contributed by atoms with van der Waals surface area (Å²) in [6.45, 7) is 6.18. The molecule has 1 aliphatic rings. The van der Waals surface area contributed by atoms with Gasteiger partial charge in [-0.3, -0.25) is 10.1 Å². The Morgan fingerprint density at radius 1 is 1.33 bits per heavy atom. The average molecular weight is 285 g/mol. The minimum atomic E-state index is -0.350. The van der Waals surface area contributed by atoms with Crippen LogP contribution in [0.1, 0.15) is 25.5 Å². The third-order valence-electron chi connectivity index (χ3n) is 4.25. The van der Waals surface area contributed by atoms with Crippen LogP contribution < -0.4 is 4.90 Å². The third kappa shape index (κ3) is 2.55. The smallest absolute Gasteiger partial charge is 0.295 e. The van der Waals surface area contributed by atoms with Gasteiger partial charge in [0.1, 0.15) is 0 Å². The summed E-state index contributed by atoms with van der Waals surface area (Å²) in [5, 5.41) is 12.1. The maximum atomic E-state index is 11.2. The first-order chi connectivity index (χ1) is 10.1. The zero-order chi connectivity index (χ0) is 15.0. The molecule has 0 unspecified atom stereocenters. The number of fused-ring (bicyclic) bond motifs is 1. The van der Waals surface area contributed by atoms with Crippen LogP contribution in [0.15, 0.2) is 24.3 Å². The largest absolute Gasteiger partial charge is 0.371 e. The Labute approximate surface area is 123 Å². The van der Waals surface area contributed by atoms with Gasteiger partial charge in [-0.1, -0.05) is 19.1 Å². The predicted molar refractivity (Wildman–Crippen MR) is 83.7 cm³/mol. The summed E-state index contributed by atoms with van der Waals surface area (Å²) < 4.78 is 0. The summed E-state index contributed by atoms with van der Waals surface area (Å²) in [5.74, 6) is 0.754. The molecule has 0 spiro atoms. The number of aromatic nitrogens is 1. The standard InChI is InChI=1S/C16H19N3O2/c1-11-6-8-18(9-7-11)15-10-12(2)17-16-13(15)4-3-5-14(16)19(20)21/h3-5,10-11H,6-9H2,1-2H3. The van der Waals surface area contributed by atoms with Crippen molar-refractivity contribution in [2.75, 3.05) is 18.0 Å². The molecule has 5 heteroatoms. The van der Waals surface area contributed by atoms with E-state index in [1.807, 2.05) is 19.1 Å². The van der Waals surface area contributed by atoms with Crippen molar-refractivity contribution in [1.29, 1.82) is 0 Å². The number of piperidine rings is 1. The van der Waals surface area contributed by atoms with Crippen LogP contribution in [0.2, 0.25) is 0 Å². The van der Waals surface area contributed by atoms with Crippen molar-refractivity contribution in [2.24, 2.45) is 5.92 Å². The second-order valence-corrected chi connectivity index (χ2v) is 5.88. The van der Waals surface area contributed by atoms with Crippen LogP contribution in [0.3, 0.4) is 0 Å². The van der Waals surface area contributed by atoms with Crippen LogP contribution in [-0.2, 0) is 0 Å². The van der Waals surface area contributed by atoms with Gasteiger partial charge >= 0.3 is 0 Å². The highest BCUT2D eigenvalue weighted by molar-refractivity contribution is 5.97. The molecule has 0 amide bonds. The van der Waals surface area contributed by atoms with Gasteiger partial charge in [-0.25, -0.2) is 4.98 Å². The van der Waals surface area contributed by atoms with Crippen LogP contribution in [0.25, 0.3) is 10.9 Å². The Balaban J connectivity index is 2.14. The van der Waals surface area contributed by atoms with E-state index in [2.05, 4.69) is 16.8 Å². The molecule has 0 bridgehead atoms. The van der Waals surface area contributed by atoms with Crippen molar-refractivity contribution in [1.82, 2.24) is 4.98 Å². The first-order valence-corrected chi connectivity index (χ1v) is 7.36. The number of pyridine rings is 1. The van der Waals surface area contributed by atoms with Crippen LogP contribution in [0.4, 0.5) is 11.4 Å². The van der Waals surface area contributed by atoms with Gasteiger partial charge in [0, 0.05) is 35.9 Å². The Bertz CT molecular complexity index is 691. The van der Waals surface area contributed by atoms with E-state index >= 15 is 0 Å². The molecule has 21 heavy (non-hydrogen) atoms. The zero-order valence-electron chi connectivity index (χ0n) is 12.4. The first-order valence-electron chi connectivity index (χ1n) is 7.36. The van der Waals surface area contributed by atoms with E-state index in [0.717, 1.165) is 48.6 Å². The van der Waals surface area contributed by atoms with E-state index < -0.39 is 0 Å². The molecule has 2 aromatic rings. The van der Waals surface area contributed by atoms with E-state index in [4.69, 9.17) is 0 Å². The number of anilines is 1. The number of non-ortho nitro benzene ring substituents is 1. The summed E-state index contributed by atoms with van der Waals surface area (Å²) in [7, 11) is 0. The highest BCUT2D eigenvalue weighted by Gasteiger charge is 2.21. The molecule has 110 valence electrons. The summed E-state index contributed by atoms with van der Waals surface area (Å²) in [6, 6.07) is 7.24. The summed E-state index contributed by atoms with van der Waals surface area (Å²) in [4.78, 5) is 17.6. The fraction of sp³-hybridized carbons (Fsp3) is 0.438. The number of hydrogen-bond donors (Lipinski definition) is 0. The lowest BCUT2D eigenvalue weighted by atomic mass is 9.98. The van der Waals surface area contributed by atoms with Crippen LogP contribution in [0.5, 0.6) is 0 Å². The highest BCUT2D eigenvalue weighted by Crippen LogP contribution is 2.33. The average Bonchev–Trinajstić information content (AvgIpc) is 2.46. The SMILES string of the molecule is Cc1cc(N2CCC(C)CC2)c2cccc([N+](=O)[O-])c2n1. The minimum Gasteiger partial charge on any atom is -0.371 e. The molecule has 0 N–H and O–H groups in total. The minimum absolute atomic E-state index is 0.0860. The summed E-state index contributed by atoms with van der Waals surface area (Å²) >= 11 is 0. The second-order valence-electron chi connectivity index (χ2n) is 5.88. The van der Waals surface area contributed by atoms with Gasteiger partial charge in [0.15, 0.2) is 5.52 Å². The molecule has 1 aliphatic heterocycles. The van der Waals surface area contributed by atoms with E-state index in [-0.39, 0.29) is 10.6 Å². The number of para-hydroxylation sites is 1. The Kier molecular flexibility index (Phi) is 3.49. The Morgan fingerprint density at radius 3 is 2.71 bits per heavy atom. The molecular weight excluding hydrogens is 266 g/mol. The fourth-order valence-electron chi connectivity index (χ4n) is 3.00. The lowest BCUT2D eigenvalue weighted by Crippen LogP contribution is -2.33. The Morgan fingerprint density at radius 2 is 2.05 bits per heavy atom. The molecule has 1 aromatic heterocycles. The van der Waals surface area contributed by atoms with Gasteiger partial charge in [-0.2, -0.15) is 0 Å². The number of nitro groups is 1. The van der Waals surface area contributed by atoms with Gasteiger partial charge in [0.2, 0.25) is 0 Å². The maximum Gasteiger partial charge on any atom is 0.295 e. The molecule has 5 nitrogen and oxygen atoms in total. The summed E-state index contributed by atoms with van der Waals surface area (Å²) in [5.41, 5.74) is 2.48. The molecule has 0 aliphatic carbocycles. The fourth-order valence-corrected chi connectivity index (χ4v) is 3.00. The van der Waals surface area contributed by atoms with Gasteiger partial charge in [-0.15, -0.1) is 0 Å². The molecule has 0 saturated carbocycles. The molecule has 3 rings (SSSR count). The molecule has 1 aromatic carbocycles. The van der Waals surface area contributed by atoms with Gasteiger partial charge in [0.25, 0.3) is 5.69 Å². The number of benzene rings is 1. The normalized spacial score (nSPS) is 16.4. The Hall–Kier alpha value is -2.17. The first kappa shape index (κ1) is 13.8. The van der Waals surface area contributed by atoms with Crippen molar-refractivity contribution in [2.45, 2.75) is 26.7 Å². The van der Waals surface area contributed by atoms with E-state index in [9.17, 15) is 10.1 Å². The molecule has 0 radical (unpaired) electrons. The van der Waals surface area contributed by atoms with Crippen LogP contribution in [0, 0.1) is 23.0 Å². The van der Waals surface area contributed by atoms with Gasteiger partial charge < -0.3 is 4.90 Å². The molecule has 1 fully saturated rings. The maximum absolute atomic E-state index is 11.2. The van der Waals surface area contributed by atoms with Crippen molar-refractivity contribution in [3.8, 4) is 0 Å².